The number of carbonyl (C=O) groups is 3. The molecule has 4 N–H and O–H groups in total. The second-order valence-electron chi connectivity index (χ2n) is 11.3. The summed E-state index contributed by atoms with van der Waals surface area (Å²) in [5, 5.41) is 3.68. The van der Waals surface area contributed by atoms with Crippen molar-refractivity contribution < 1.29 is 23.9 Å². The fourth-order valence-electron chi connectivity index (χ4n) is 5.42. The Morgan fingerprint density at radius 1 is 1.20 bits per heavy atom. The minimum Gasteiger partial charge on any atom is -0.462 e. The molecule has 0 saturated carbocycles. The number of H-pyrrole nitrogens is 1. The molecule has 12 heteroatoms. The Morgan fingerprint density at radius 2 is 2.00 bits per heavy atom. The van der Waals surface area contributed by atoms with Crippen LogP contribution in [0.4, 0.5) is 4.79 Å². The van der Waals surface area contributed by atoms with Crippen molar-refractivity contribution in [3.8, 4) is 16.3 Å². The number of amides is 2. The monoisotopic (exact) mass is 619 g/mol. The van der Waals surface area contributed by atoms with Gasteiger partial charge in [0.15, 0.2) is 0 Å². The van der Waals surface area contributed by atoms with Crippen LogP contribution in [0.15, 0.2) is 47.4 Å². The van der Waals surface area contributed by atoms with Crippen LogP contribution in [0, 0.1) is 5.92 Å². The van der Waals surface area contributed by atoms with Gasteiger partial charge >= 0.3 is 12.1 Å². The van der Waals surface area contributed by atoms with E-state index in [1.165, 1.54) is 23.6 Å². The Hall–Kier alpha value is -4.29. The highest BCUT2D eigenvalue weighted by atomic mass is 32.1. The van der Waals surface area contributed by atoms with Gasteiger partial charge in [0.2, 0.25) is 11.3 Å². The van der Waals surface area contributed by atoms with Gasteiger partial charge in [0.25, 0.3) is 0 Å². The summed E-state index contributed by atoms with van der Waals surface area (Å²) in [6.45, 7) is 6.50. The van der Waals surface area contributed by atoms with Gasteiger partial charge in [-0.25, -0.2) is 14.6 Å². The summed E-state index contributed by atoms with van der Waals surface area (Å²) in [6, 6.07) is 9.95. The number of esters is 1. The zero-order valence-corrected chi connectivity index (χ0v) is 25.9. The van der Waals surface area contributed by atoms with Crippen LogP contribution < -0.4 is 21.2 Å². The highest BCUT2D eigenvalue weighted by molar-refractivity contribution is 7.21. The van der Waals surface area contributed by atoms with E-state index in [4.69, 9.17) is 20.2 Å². The van der Waals surface area contributed by atoms with E-state index in [-0.39, 0.29) is 47.7 Å². The molecule has 1 aliphatic rings. The molecule has 2 atom stereocenters. The van der Waals surface area contributed by atoms with Crippen LogP contribution in [-0.2, 0) is 9.53 Å². The first kappa shape index (κ1) is 31.1. The second kappa shape index (κ2) is 13.6. The molecule has 1 unspecified atom stereocenters. The van der Waals surface area contributed by atoms with Gasteiger partial charge in [-0.15, -0.1) is 11.3 Å². The number of ether oxygens (including phenoxy) is 2. The molecule has 0 bridgehead atoms. The molecule has 4 aromatic rings. The number of piperidine rings is 1. The Kier molecular flexibility index (Phi) is 9.60. The summed E-state index contributed by atoms with van der Waals surface area (Å²) in [4.78, 5) is 61.5. The number of hydrogen-bond acceptors (Lipinski definition) is 9. The van der Waals surface area contributed by atoms with Gasteiger partial charge in [-0.2, -0.15) is 0 Å². The van der Waals surface area contributed by atoms with Gasteiger partial charge in [-0.1, -0.05) is 26.0 Å². The predicted molar refractivity (Wildman–Crippen MR) is 170 cm³/mol. The fourth-order valence-corrected chi connectivity index (χ4v) is 6.40. The van der Waals surface area contributed by atoms with Crippen LogP contribution in [0.2, 0.25) is 0 Å². The lowest BCUT2D eigenvalue weighted by atomic mass is 10.0. The number of carbonyl (C=O) groups excluding carboxylic acids is 3. The summed E-state index contributed by atoms with van der Waals surface area (Å²) in [5.74, 6) is -0.567. The van der Waals surface area contributed by atoms with Gasteiger partial charge in [-0.05, 0) is 62.8 Å². The zero-order valence-electron chi connectivity index (χ0n) is 25.1. The first-order valence-electron chi connectivity index (χ1n) is 14.9. The van der Waals surface area contributed by atoms with Gasteiger partial charge in [0.1, 0.15) is 16.3 Å². The van der Waals surface area contributed by atoms with Crippen molar-refractivity contribution in [2.45, 2.75) is 58.5 Å². The lowest BCUT2D eigenvalue weighted by Gasteiger charge is -2.35. The minimum atomic E-state index is -0.740. The number of benzene rings is 2. The maximum Gasteiger partial charge on any atom is 0.415 e. The molecule has 0 radical (unpaired) electrons. The number of hydrogen-bond donors (Lipinski definition) is 3. The van der Waals surface area contributed by atoms with Crippen molar-refractivity contribution in [3.63, 3.8) is 0 Å². The molecule has 0 aliphatic carbocycles. The predicted octanol–water partition coefficient (Wildman–Crippen LogP) is 4.82. The second-order valence-corrected chi connectivity index (χ2v) is 12.4. The standard InChI is InChI=1S/C32H37N5O6S/c1-4-42-31(40)22-17-34-25-14-21(30-36-24-10-5-6-11-27(24)44-30)26(15-20(25)28(22)38)43-32(41)37-12-8-7-9-19(37)16-35-29(39)23(33)13-18(2)3/h5-6,10-11,14-15,17-19,23H,4,7-9,12-13,16,33H2,1-3H3,(H,34,38)(H,35,39)/t19?,23-/m0/s1. The van der Waals surface area contributed by atoms with Crippen molar-refractivity contribution >= 4 is 50.4 Å². The number of likely N-dealkylation sites (tertiary alicyclic amines) is 1. The Balaban J connectivity index is 1.48. The Morgan fingerprint density at radius 3 is 2.75 bits per heavy atom. The quantitative estimate of drug-likeness (QED) is 0.225. The topological polar surface area (TPSA) is 157 Å². The van der Waals surface area contributed by atoms with Crippen LogP contribution in [0.1, 0.15) is 56.8 Å². The first-order valence-corrected chi connectivity index (χ1v) is 15.7. The van der Waals surface area contributed by atoms with Crippen LogP contribution in [0.5, 0.6) is 5.75 Å². The third kappa shape index (κ3) is 6.76. The molecule has 1 aliphatic heterocycles. The number of aromatic amines is 1. The third-order valence-electron chi connectivity index (χ3n) is 7.63. The van der Waals surface area contributed by atoms with E-state index in [1.54, 1.807) is 17.9 Å². The van der Waals surface area contributed by atoms with Crippen LogP contribution >= 0.6 is 11.3 Å². The molecular weight excluding hydrogens is 582 g/mol. The van der Waals surface area contributed by atoms with Crippen LogP contribution in [0.3, 0.4) is 0 Å². The largest absolute Gasteiger partial charge is 0.462 e. The van der Waals surface area contributed by atoms with E-state index in [0.29, 0.717) is 35.5 Å². The molecule has 44 heavy (non-hydrogen) atoms. The summed E-state index contributed by atoms with van der Waals surface area (Å²) in [5.41, 5.74) is 7.13. The average molecular weight is 620 g/mol. The Labute approximate surface area is 258 Å². The fraction of sp³-hybridized carbons (Fsp3) is 0.406. The molecular formula is C32H37N5O6S. The number of nitrogens with two attached hydrogens (primary N) is 1. The first-order chi connectivity index (χ1) is 21.2. The van der Waals surface area contributed by atoms with Gasteiger partial charge in [0, 0.05) is 19.3 Å². The maximum atomic E-state index is 13.7. The van der Waals surface area contributed by atoms with E-state index in [0.717, 1.165) is 23.1 Å². The van der Waals surface area contributed by atoms with Crippen molar-refractivity contribution in [2.24, 2.45) is 11.7 Å². The minimum absolute atomic E-state index is 0.122. The highest BCUT2D eigenvalue weighted by Crippen LogP contribution is 2.38. The number of aromatic nitrogens is 2. The number of rotatable bonds is 9. The van der Waals surface area contributed by atoms with Gasteiger partial charge in [0.05, 0.1) is 45.4 Å². The van der Waals surface area contributed by atoms with Crippen LogP contribution in [-0.4, -0.2) is 64.6 Å². The molecule has 232 valence electrons. The van der Waals surface area contributed by atoms with Crippen molar-refractivity contribution in [2.75, 3.05) is 19.7 Å². The van der Waals surface area contributed by atoms with E-state index < -0.39 is 23.5 Å². The average Bonchev–Trinajstić information content (AvgIpc) is 3.44. The number of pyridine rings is 1. The highest BCUT2D eigenvalue weighted by Gasteiger charge is 2.30. The normalized spacial score (nSPS) is 15.8. The van der Waals surface area contributed by atoms with Gasteiger partial charge < -0.3 is 30.4 Å². The molecule has 1 fully saturated rings. The Bertz CT molecular complexity index is 1720. The summed E-state index contributed by atoms with van der Waals surface area (Å²) >= 11 is 1.43. The van der Waals surface area contributed by atoms with Crippen LogP contribution in [0.25, 0.3) is 31.7 Å². The molecule has 2 aromatic carbocycles. The molecule has 0 spiro atoms. The number of fused-ring (bicyclic) bond motifs is 2. The summed E-state index contributed by atoms with van der Waals surface area (Å²) < 4.78 is 12.0. The summed E-state index contributed by atoms with van der Waals surface area (Å²) in [7, 11) is 0. The van der Waals surface area contributed by atoms with Crippen molar-refractivity contribution in [1.82, 2.24) is 20.2 Å². The number of nitrogens with zero attached hydrogens (tertiary/aromatic N) is 2. The molecule has 3 heterocycles. The van der Waals surface area contributed by atoms with Crippen molar-refractivity contribution in [3.05, 3.63) is 58.4 Å². The van der Waals surface area contributed by atoms with Gasteiger partial charge in [-0.3, -0.25) is 9.59 Å². The van der Waals surface area contributed by atoms with E-state index in [9.17, 15) is 19.2 Å². The van der Waals surface area contributed by atoms with E-state index in [2.05, 4.69) is 10.3 Å². The smallest absolute Gasteiger partial charge is 0.415 e. The lowest BCUT2D eigenvalue weighted by Crippen LogP contribution is -2.52. The van der Waals surface area contributed by atoms with E-state index in [1.807, 2.05) is 38.1 Å². The van der Waals surface area contributed by atoms with Crippen molar-refractivity contribution in [1.29, 1.82) is 0 Å². The molecule has 2 aromatic heterocycles. The SMILES string of the molecule is CCOC(=O)c1c[nH]c2cc(-c3nc4ccccc4s3)c(OC(=O)N3CCCCC3CNC(=O)[C@@H](N)CC(C)C)cc2c1=O. The molecule has 5 rings (SSSR count). The number of para-hydroxylation sites is 1. The summed E-state index contributed by atoms with van der Waals surface area (Å²) in [6.07, 6.45) is 3.68. The molecule has 2 amide bonds. The maximum absolute atomic E-state index is 13.7. The third-order valence-corrected chi connectivity index (χ3v) is 8.70. The lowest BCUT2D eigenvalue weighted by molar-refractivity contribution is -0.123. The zero-order chi connectivity index (χ0) is 31.4. The number of thiazole rings is 1. The number of nitrogens with one attached hydrogen (secondary N) is 2. The molecule has 1 saturated heterocycles. The molecule has 11 nitrogen and oxygen atoms in total. The van der Waals surface area contributed by atoms with E-state index >= 15 is 0 Å².